The zero-order valence-corrected chi connectivity index (χ0v) is 15.9. The molecule has 5 nitrogen and oxygen atoms in total. The van der Waals surface area contributed by atoms with E-state index in [-0.39, 0.29) is 17.7 Å². The van der Waals surface area contributed by atoms with Gasteiger partial charge in [-0.25, -0.2) is 9.59 Å². The Hall–Kier alpha value is -2.82. The topological polar surface area (TPSA) is 66.8 Å². The number of rotatable bonds is 5. The number of hydrogen-bond donors (Lipinski definition) is 1. The molecule has 1 aliphatic carbocycles. The van der Waals surface area contributed by atoms with Crippen molar-refractivity contribution in [1.82, 2.24) is 4.90 Å². The lowest BCUT2D eigenvalue weighted by atomic mass is 10.0. The number of ether oxygens (including phenoxy) is 1. The molecule has 3 rings (SSSR count). The van der Waals surface area contributed by atoms with Crippen LogP contribution in [0.3, 0.4) is 0 Å². The van der Waals surface area contributed by atoms with Gasteiger partial charge in [0, 0.05) is 12.6 Å². The van der Waals surface area contributed by atoms with Crippen LogP contribution in [0.2, 0.25) is 0 Å². The Balaban J connectivity index is 1.70. The van der Waals surface area contributed by atoms with E-state index in [1.807, 2.05) is 49.9 Å². The predicted molar refractivity (Wildman–Crippen MR) is 104 cm³/mol. The highest BCUT2D eigenvalue weighted by atomic mass is 16.6. The maximum absolute atomic E-state index is 12.5. The lowest BCUT2D eigenvalue weighted by Crippen LogP contribution is -2.37. The minimum atomic E-state index is -0.931. The molecule has 1 aliphatic rings. The molecular weight excluding hydrogens is 342 g/mol. The van der Waals surface area contributed by atoms with Crippen LogP contribution in [0, 0.1) is 0 Å². The SMILES string of the molecule is CC(C)(C)OC(=O)N(Cc1ccc(-c2ccc(C(=O)O)cc2)cc1)C1CC1. The number of carbonyl (C=O) groups excluding carboxylic acids is 1. The van der Waals surface area contributed by atoms with Gasteiger partial charge in [0.05, 0.1) is 5.56 Å². The van der Waals surface area contributed by atoms with E-state index in [2.05, 4.69) is 0 Å². The summed E-state index contributed by atoms with van der Waals surface area (Å²) in [5.41, 5.74) is 2.77. The zero-order valence-electron chi connectivity index (χ0n) is 15.9. The van der Waals surface area contributed by atoms with Gasteiger partial charge in [-0.1, -0.05) is 36.4 Å². The first-order chi connectivity index (χ1) is 12.7. The van der Waals surface area contributed by atoms with Crippen molar-refractivity contribution in [2.24, 2.45) is 0 Å². The highest BCUT2D eigenvalue weighted by Gasteiger charge is 2.35. The molecular formula is C22H25NO4. The summed E-state index contributed by atoms with van der Waals surface area (Å²) >= 11 is 0. The number of carbonyl (C=O) groups is 2. The van der Waals surface area contributed by atoms with Crippen LogP contribution in [-0.4, -0.2) is 33.7 Å². The number of carboxylic acid groups (broad SMARTS) is 1. The summed E-state index contributed by atoms with van der Waals surface area (Å²) in [5.74, 6) is -0.931. The molecule has 5 heteroatoms. The predicted octanol–water partition coefficient (Wildman–Crippen LogP) is 4.95. The van der Waals surface area contributed by atoms with Crippen LogP contribution < -0.4 is 0 Å². The number of hydrogen-bond acceptors (Lipinski definition) is 3. The molecule has 1 N–H and O–H groups in total. The third kappa shape index (κ3) is 5.09. The molecule has 0 heterocycles. The molecule has 2 aromatic carbocycles. The second-order valence-electron chi connectivity index (χ2n) is 7.92. The van der Waals surface area contributed by atoms with Crippen LogP contribution in [-0.2, 0) is 11.3 Å². The van der Waals surface area contributed by atoms with Crippen LogP contribution in [0.5, 0.6) is 0 Å². The number of amides is 1. The van der Waals surface area contributed by atoms with Gasteiger partial charge in [0.25, 0.3) is 0 Å². The molecule has 0 bridgehead atoms. The van der Waals surface area contributed by atoms with Crippen LogP contribution in [0.15, 0.2) is 48.5 Å². The minimum Gasteiger partial charge on any atom is -0.478 e. The quantitative estimate of drug-likeness (QED) is 0.812. The normalized spacial score (nSPS) is 13.9. The van der Waals surface area contributed by atoms with Gasteiger partial charge in [-0.2, -0.15) is 0 Å². The second kappa shape index (κ2) is 7.43. The number of benzene rings is 2. The molecule has 0 aromatic heterocycles. The minimum absolute atomic E-state index is 0.265. The van der Waals surface area contributed by atoms with Crippen LogP contribution in [0.25, 0.3) is 11.1 Å². The summed E-state index contributed by atoms with van der Waals surface area (Å²) in [6, 6.07) is 15.1. The Morgan fingerprint density at radius 2 is 1.52 bits per heavy atom. The van der Waals surface area contributed by atoms with Crippen molar-refractivity contribution in [2.75, 3.05) is 0 Å². The largest absolute Gasteiger partial charge is 0.478 e. The fourth-order valence-corrected chi connectivity index (χ4v) is 2.85. The van der Waals surface area contributed by atoms with Gasteiger partial charge in [0.2, 0.25) is 0 Å². The van der Waals surface area contributed by atoms with E-state index in [0.29, 0.717) is 6.54 Å². The molecule has 0 radical (unpaired) electrons. The fourth-order valence-electron chi connectivity index (χ4n) is 2.85. The van der Waals surface area contributed by atoms with E-state index < -0.39 is 11.6 Å². The monoisotopic (exact) mass is 367 g/mol. The lowest BCUT2D eigenvalue weighted by molar-refractivity contribution is 0.0216. The molecule has 2 aromatic rings. The summed E-state index contributed by atoms with van der Waals surface area (Å²) in [6.45, 7) is 6.15. The Bertz CT molecular complexity index is 815. The maximum atomic E-state index is 12.5. The summed E-state index contributed by atoms with van der Waals surface area (Å²) in [6.07, 6.45) is 1.78. The molecule has 27 heavy (non-hydrogen) atoms. The molecule has 1 saturated carbocycles. The first-order valence-electron chi connectivity index (χ1n) is 9.15. The number of aromatic carboxylic acids is 1. The van der Waals surface area contributed by atoms with Crippen molar-refractivity contribution >= 4 is 12.1 Å². The van der Waals surface area contributed by atoms with Gasteiger partial charge in [-0.15, -0.1) is 0 Å². The zero-order chi connectivity index (χ0) is 19.6. The summed E-state index contributed by atoms with van der Waals surface area (Å²) < 4.78 is 5.54. The molecule has 0 unspecified atom stereocenters. The van der Waals surface area contributed by atoms with Crippen LogP contribution >= 0.6 is 0 Å². The van der Waals surface area contributed by atoms with E-state index in [1.165, 1.54) is 0 Å². The average Bonchev–Trinajstić information content (AvgIpc) is 3.43. The van der Waals surface area contributed by atoms with Gasteiger partial charge in [0.15, 0.2) is 0 Å². The molecule has 1 amide bonds. The van der Waals surface area contributed by atoms with Crippen molar-refractivity contribution in [1.29, 1.82) is 0 Å². The Morgan fingerprint density at radius 1 is 1.00 bits per heavy atom. The van der Waals surface area contributed by atoms with Crippen molar-refractivity contribution in [3.63, 3.8) is 0 Å². The summed E-state index contributed by atoms with van der Waals surface area (Å²) in [4.78, 5) is 25.2. The Morgan fingerprint density at radius 3 is 1.96 bits per heavy atom. The number of nitrogens with zero attached hydrogens (tertiary/aromatic N) is 1. The van der Waals surface area contributed by atoms with E-state index in [9.17, 15) is 9.59 Å². The van der Waals surface area contributed by atoms with Gasteiger partial charge in [0.1, 0.15) is 5.60 Å². The first kappa shape index (κ1) is 19.0. The van der Waals surface area contributed by atoms with Crippen molar-refractivity contribution in [3.8, 4) is 11.1 Å². The van der Waals surface area contributed by atoms with Crippen LogP contribution in [0.1, 0.15) is 49.5 Å². The molecule has 1 fully saturated rings. The van der Waals surface area contributed by atoms with E-state index in [0.717, 1.165) is 29.5 Å². The smallest absolute Gasteiger partial charge is 0.410 e. The number of carboxylic acids is 1. The van der Waals surface area contributed by atoms with Gasteiger partial charge in [-0.3, -0.25) is 0 Å². The standard InChI is InChI=1S/C22H25NO4/c1-22(2,3)27-21(26)23(19-12-13-19)14-15-4-6-16(7-5-15)17-8-10-18(11-9-17)20(24)25/h4-11,19H,12-14H2,1-3H3,(H,24,25). The third-order valence-corrected chi connectivity index (χ3v) is 4.39. The average molecular weight is 367 g/mol. The highest BCUT2D eigenvalue weighted by Crippen LogP contribution is 2.30. The molecule has 0 saturated heterocycles. The maximum Gasteiger partial charge on any atom is 0.410 e. The van der Waals surface area contributed by atoms with Crippen molar-refractivity contribution < 1.29 is 19.4 Å². The Labute approximate surface area is 159 Å². The van der Waals surface area contributed by atoms with Gasteiger partial charge < -0.3 is 14.7 Å². The Kier molecular flexibility index (Phi) is 5.22. The molecule has 0 atom stereocenters. The third-order valence-electron chi connectivity index (χ3n) is 4.39. The molecule has 0 spiro atoms. The summed E-state index contributed by atoms with van der Waals surface area (Å²) in [7, 11) is 0. The van der Waals surface area contributed by atoms with E-state index in [1.54, 1.807) is 24.3 Å². The first-order valence-corrected chi connectivity index (χ1v) is 9.15. The molecule has 0 aliphatic heterocycles. The van der Waals surface area contributed by atoms with Crippen molar-refractivity contribution in [3.05, 3.63) is 59.7 Å². The van der Waals surface area contributed by atoms with Crippen molar-refractivity contribution in [2.45, 2.75) is 51.8 Å². The van der Waals surface area contributed by atoms with Gasteiger partial charge in [-0.05, 0) is 62.4 Å². The molecule has 142 valence electrons. The van der Waals surface area contributed by atoms with Gasteiger partial charge >= 0.3 is 12.1 Å². The van der Waals surface area contributed by atoms with E-state index in [4.69, 9.17) is 9.84 Å². The second-order valence-corrected chi connectivity index (χ2v) is 7.92. The van der Waals surface area contributed by atoms with Crippen LogP contribution in [0.4, 0.5) is 4.79 Å². The van der Waals surface area contributed by atoms with E-state index >= 15 is 0 Å². The summed E-state index contributed by atoms with van der Waals surface area (Å²) in [5, 5.41) is 8.99. The highest BCUT2D eigenvalue weighted by molar-refractivity contribution is 5.88. The lowest BCUT2D eigenvalue weighted by Gasteiger charge is -2.27. The fraction of sp³-hybridized carbons (Fsp3) is 0.364.